The van der Waals surface area contributed by atoms with Crippen molar-refractivity contribution >= 4 is 11.8 Å². The summed E-state index contributed by atoms with van der Waals surface area (Å²) in [5, 5.41) is 0. The van der Waals surface area contributed by atoms with Crippen molar-refractivity contribution in [2.75, 3.05) is 46.4 Å². The highest BCUT2D eigenvalue weighted by Crippen LogP contribution is 2.29. The zero-order chi connectivity index (χ0) is 25.6. The Kier molecular flexibility index (Phi) is 8.62. The molecule has 0 radical (unpaired) electrons. The van der Waals surface area contributed by atoms with Gasteiger partial charge >= 0.3 is 0 Å². The molecule has 2 aromatic rings. The van der Waals surface area contributed by atoms with Crippen LogP contribution >= 0.6 is 0 Å². The Balaban J connectivity index is 1.65. The summed E-state index contributed by atoms with van der Waals surface area (Å²) in [5.41, 5.74) is 4.00. The highest BCUT2D eigenvalue weighted by atomic mass is 16.5. The first-order valence-electron chi connectivity index (χ1n) is 12.0. The second-order valence-corrected chi connectivity index (χ2v) is 10.3. The van der Waals surface area contributed by atoms with Crippen LogP contribution in [0.15, 0.2) is 43.4 Å². The molecule has 0 unspecified atom stereocenters. The largest absolute Gasteiger partial charge is 0.488 e. The van der Waals surface area contributed by atoms with Crippen molar-refractivity contribution in [1.29, 1.82) is 0 Å². The number of aryl methyl sites for hydroxylation is 1. The van der Waals surface area contributed by atoms with E-state index in [-0.39, 0.29) is 17.2 Å². The SMILES string of the molecule is C=CC(=O)N(C)CCOc1cncnc1-c1ccc(CN2CCN(CC(C)(C)C)CC2=O)c(C)c1. The molecule has 1 aliphatic heterocycles. The first-order valence-corrected chi connectivity index (χ1v) is 12.0. The van der Waals surface area contributed by atoms with Gasteiger partial charge in [-0.2, -0.15) is 0 Å². The van der Waals surface area contributed by atoms with Crippen molar-refractivity contribution in [2.24, 2.45) is 5.41 Å². The van der Waals surface area contributed by atoms with Gasteiger partial charge in [-0.1, -0.05) is 39.5 Å². The van der Waals surface area contributed by atoms with E-state index >= 15 is 0 Å². The van der Waals surface area contributed by atoms with Crippen LogP contribution in [0.1, 0.15) is 31.9 Å². The van der Waals surface area contributed by atoms with E-state index in [0.717, 1.165) is 36.3 Å². The molecule has 1 fully saturated rings. The first kappa shape index (κ1) is 26.3. The van der Waals surface area contributed by atoms with Gasteiger partial charge in [-0.05, 0) is 35.6 Å². The van der Waals surface area contributed by atoms with Crippen LogP contribution in [0.25, 0.3) is 11.3 Å². The molecule has 35 heavy (non-hydrogen) atoms. The van der Waals surface area contributed by atoms with Crippen molar-refractivity contribution in [3.05, 3.63) is 54.5 Å². The molecule has 0 N–H and O–H groups in total. The zero-order valence-electron chi connectivity index (χ0n) is 21.6. The summed E-state index contributed by atoms with van der Waals surface area (Å²) in [7, 11) is 1.70. The standard InChI is InChI=1S/C27H37N5O3/c1-7-24(33)30(6)12-13-35-23-15-28-19-29-26(23)21-8-9-22(20(2)14-21)16-32-11-10-31(17-25(32)34)18-27(3,4)5/h7-9,14-15,19H,1,10-13,16-18H2,2-6H3. The topological polar surface area (TPSA) is 78.9 Å². The van der Waals surface area contributed by atoms with Crippen molar-refractivity contribution in [1.82, 2.24) is 24.7 Å². The fraction of sp³-hybridized carbons (Fsp3) is 0.481. The molecule has 2 heterocycles. The molecular formula is C27H37N5O3. The number of nitrogens with zero attached hydrogens (tertiary/aromatic N) is 5. The zero-order valence-corrected chi connectivity index (χ0v) is 21.6. The first-order chi connectivity index (χ1) is 16.6. The summed E-state index contributed by atoms with van der Waals surface area (Å²) in [5.74, 6) is 0.582. The number of likely N-dealkylation sites (N-methyl/N-ethyl adjacent to an activating group) is 1. The van der Waals surface area contributed by atoms with Gasteiger partial charge in [0.1, 0.15) is 18.6 Å². The third-order valence-corrected chi connectivity index (χ3v) is 5.99. The van der Waals surface area contributed by atoms with E-state index in [2.05, 4.69) is 61.3 Å². The predicted molar refractivity (Wildman–Crippen MR) is 137 cm³/mol. The van der Waals surface area contributed by atoms with Crippen LogP contribution in [0, 0.1) is 12.3 Å². The Morgan fingerprint density at radius 2 is 2.06 bits per heavy atom. The number of hydrogen-bond donors (Lipinski definition) is 0. The van der Waals surface area contributed by atoms with E-state index < -0.39 is 0 Å². The minimum Gasteiger partial charge on any atom is -0.488 e. The van der Waals surface area contributed by atoms with E-state index in [1.165, 1.54) is 12.4 Å². The van der Waals surface area contributed by atoms with Crippen molar-refractivity contribution < 1.29 is 14.3 Å². The van der Waals surface area contributed by atoms with Gasteiger partial charge < -0.3 is 14.5 Å². The lowest BCUT2D eigenvalue weighted by Gasteiger charge is -2.37. The van der Waals surface area contributed by atoms with E-state index in [9.17, 15) is 9.59 Å². The lowest BCUT2D eigenvalue weighted by Crippen LogP contribution is -2.51. The number of benzene rings is 1. The average molecular weight is 480 g/mol. The maximum absolute atomic E-state index is 12.8. The number of hydrogen-bond acceptors (Lipinski definition) is 6. The van der Waals surface area contributed by atoms with Gasteiger partial charge in [0.2, 0.25) is 11.8 Å². The molecule has 0 saturated carbocycles. The Labute approximate surface area is 208 Å². The lowest BCUT2D eigenvalue weighted by atomic mass is 9.95. The molecule has 8 heteroatoms. The molecule has 0 bridgehead atoms. The van der Waals surface area contributed by atoms with Crippen LogP contribution in [0.4, 0.5) is 0 Å². The third-order valence-electron chi connectivity index (χ3n) is 5.99. The molecule has 1 saturated heterocycles. The fourth-order valence-electron chi connectivity index (χ4n) is 4.15. The Hall–Kier alpha value is -3.26. The number of aromatic nitrogens is 2. The predicted octanol–water partition coefficient (Wildman–Crippen LogP) is 3.17. The maximum Gasteiger partial charge on any atom is 0.245 e. The summed E-state index contributed by atoms with van der Waals surface area (Å²) < 4.78 is 5.90. The van der Waals surface area contributed by atoms with Gasteiger partial charge in [-0.3, -0.25) is 14.5 Å². The molecule has 8 nitrogen and oxygen atoms in total. The summed E-state index contributed by atoms with van der Waals surface area (Å²) in [6.07, 6.45) is 4.41. The Morgan fingerprint density at radius 1 is 1.29 bits per heavy atom. The van der Waals surface area contributed by atoms with Crippen LogP contribution in [-0.4, -0.2) is 82.9 Å². The number of carbonyl (C=O) groups excluding carboxylic acids is 2. The van der Waals surface area contributed by atoms with Crippen molar-refractivity contribution in [3.63, 3.8) is 0 Å². The second kappa shape index (κ2) is 11.4. The molecule has 2 amide bonds. The van der Waals surface area contributed by atoms with Crippen molar-refractivity contribution in [2.45, 2.75) is 34.2 Å². The summed E-state index contributed by atoms with van der Waals surface area (Å²) in [6, 6.07) is 6.13. The number of ether oxygens (including phenoxy) is 1. The molecule has 188 valence electrons. The van der Waals surface area contributed by atoms with Gasteiger partial charge in [0.25, 0.3) is 0 Å². The summed E-state index contributed by atoms with van der Waals surface area (Å²) in [4.78, 5) is 38.7. The van der Waals surface area contributed by atoms with Gasteiger partial charge in [-0.15, -0.1) is 0 Å². The smallest absolute Gasteiger partial charge is 0.245 e. The van der Waals surface area contributed by atoms with Gasteiger partial charge in [0, 0.05) is 38.8 Å². The van der Waals surface area contributed by atoms with Gasteiger partial charge in [-0.25, -0.2) is 9.97 Å². The summed E-state index contributed by atoms with van der Waals surface area (Å²) >= 11 is 0. The van der Waals surface area contributed by atoms with Crippen molar-refractivity contribution in [3.8, 4) is 17.0 Å². The number of piperazine rings is 1. The summed E-state index contributed by atoms with van der Waals surface area (Å²) in [6.45, 7) is 16.5. The molecule has 1 aliphatic rings. The Bertz CT molecular complexity index is 1060. The number of amides is 2. The van der Waals surface area contributed by atoms with Crippen LogP contribution in [0.3, 0.4) is 0 Å². The highest BCUT2D eigenvalue weighted by molar-refractivity contribution is 5.86. The highest BCUT2D eigenvalue weighted by Gasteiger charge is 2.27. The van der Waals surface area contributed by atoms with Crippen LogP contribution in [0.5, 0.6) is 5.75 Å². The van der Waals surface area contributed by atoms with Gasteiger partial charge in [0.15, 0.2) is 5.75 Å². The second-order valence-electron chi connectivity index (χ2n) is 10.3. The monoisotopic (exact) mass is 479 g/mol. The van der Waals surface area contributed by atoms with Crippen LogP contribution in [-0.2, 0) is 16.1 Å². The molecular weight excluding hydrogens is 442 g/mol. The van der Waals surface area contributed by atoms with E-state index in [1.807, 2.05) is 11.0 Å². The lowest BCUT2D eigenvalue weighted by molar-refractivity contribution is -0.137. The molecule has 0 atom stereocenters. The number of rotatable bonds is 9. The minimum absolute atomic E-state index is 0.154. The van der Waals surface area contributed by atoms with Crippen LogP contribution < -0.4 is 4.74 Å². The van der Waals surface area contributed by atoms with E-state index in [0.29, 0.717) is 37.7 Å². The molecule has 0 aliphatic carbocycles. The molecule has 0 spiro atoms. The normalized spacial score (nSPS) is 14.7. The Morgan fingerprint density at radius 3 is 2.71 bits per heavy atom. The fourth-order valence-corrected chi connectivity index (χ4v) is 4.15. The van der Waals surface area contributed by atoms with Gasteiger partial charge in [0.05, 0.1) is 19.3 Å². The molecule has 1 aromatic heterocycles. The maximum atomic E-state index is 12.8. The van der Waals surface area contributed by atoms with E-state index in [4.69, 9.17) is 4.74 Å². The third kappa shape index (κ3) is 7.36. The quantitative estimate of drug-likeness (QED) is 0.514. The van der Waals surface area contributed by atoms with E-state index in [1.54, 1.807) is 18.1 Å². The molecule has 1 aromatic carbocycles. The minimum atomic E-state index is -0.154. The molecule has 3 rings (SSSR count). The average Bonchev–Trinajstić information content (AvgIpc) is 2.80. The van der Waals surface area contributed by atoms with Crippen LogP contribution in [0.2, 0.25) is 0 Å². The number of carbonyl (C=O) groups is 2.